The van der Waals surface area contributed by atoms with Crippen molar-refractivity contribution in [2.75, 3.05) is 14.1 Å². The van der Waals surface area contributed by atoms with Crippen LogP contribution in [0.5, 0.6) is 0 Å². The molecule has 0 aromatic heterocycles. The Hall–Kier alpha value is -2.22. The van der Waals surface area contributed by atoms with Crippen LogP contribution < -0.4 is 0 Å². The Morgan fingerprint density at radius 1 is 0.677 bits per heavy atom. The van der Waals surface area contributed by atoms with Crippen LogP contribution in [0.1, 0.15) is 76.2 Å². The van der Waals surface area contributed by atoms with Gasteiger partial charge in [0.1, 0.15) is 0 Å². The van der Waals surface area contributed by atoms with Crippen LogP contribution in [0.2, 0.25) is 0 Å². The largest absolute Gasteiger partial charge is 0.286 e. The fourth-order valence-corrected chi connectivity index (χ4v) is 3.21. The van der Waals surface area contributed by atoms with Gasteiger partial charge in [-0.3, -0.25) is 9.98 Å². The molecular formula is C29H44N2. The third kappa shape index (κ3) is 6.89. The molecule has 0 aliphatic heterocycles. The molecule has 0 saturated carbocycles. The van der Waals surface area contributed by atoms with Crippen molar-refractivity contribution in [2.24, 2.45) is 20.8 Å². The smallest absolute Gasteiger partial charge is 0.0906 e. The molecule has 0 radical (unpaired) electrons. The molecule has 0 amide bonds. The number of hydrogen-bond donors (Lipinski definition) is 0. The second-order valence-corrected chi connectivity index (χ2v) is 10.7. The highest BCUT2D eigenvalue weighted by Crippen LogP contribution is 2.31. The van der Waals surface area contributed by atoms with Crippen molar-refractivity contribution in [1.82, 2.24) is 0 Å². The van der Waals surface area contributed by atoms with E-state index in [1.165, 1.54) is 33.4 Å². The minimum Gasteiger partial charge on any atom is -0.286 e. The van der Waals surface area contributed by atoms with E-state index in [2.05, 4.69) is 117 Å². The number of allylic oxidation sites excluding steroid dienone is 12. The minimum atomic E-state index is 0.165. The summed E-state index contributed by atoms with van der Waals surface area (Å²) in [6, 6.07) is 0. The van der Waals surface area contributed by atoms with E-state index in [1.807, 2.05) is 14.1 Å². The molecule has 1 aliphatic rings. The monoisotopic (exact) mass is 420 g/mol. The third-order valence-corrected chi connectivity index (χ3v) is 6.27. The van der Waals surface area contributed by atoms with Crippen molar-refractivity contribution in [2.45, 2.75) is 76.2 Å². The topological polar surface area (TPSA) is 24.7 Å². The highest BCUT2D eigenvalue weighted by Gasteiger charge is 2.25. The zero-order valence-corrected chi connectivity index (χ0v) is 22.3. The SMILES string of the molecule is CN=C1C(/C(C)=C/C=C(\C)C(C)(C)C)=CC(C)=C(/C(C)=C/C=C(\C)C(C)(C)C)C1=NC. The molecule has 0 aromatic carbocycles. The lowest BCUT2D eigenvalue weighted by molar-refractivity contribution is 0.504. The summed E-state index contributed by atoms with van der Waals surface area (Å²) in [5.74, 6) is 0. The molecule has 1 rings (SSSR count). The molecule has 2 heteroatoms. The van der Waals surface area contributed by atoms with E-state index in [-0.39, 0.29) is 10.8 Å². The zero-order chi connectivity index (χ0) is 24.1. The van der Waals surface area contributed by atoms with Crippen molar-refractivity contribution in [3.8, 4) is 0 Å². The highest BCUT2D eigenvalue weighted by molar-refractivity contribution is 6.56. The summed E-state index contributed by atoms with van der Waals surface area (Å²) in [6.07, 6.45) is 11.1. The number of aliphatic imine (C=N–C) groups is 2. The predicted molar refractivity (Wildman–Crippen MR) is 141 cm³/mol. The lowest BCUT2D eigenvalue weighted by atomic mass is 9.82. The summed E-state index contributed by atoms with van der Waals surface area (Å²) < 4.78 is 0. The van der Waals surface area contributed by atoms with Gasteiger partial charge in [0.05, 0.1) is 11.4 Å². The molecule has 31 heavy (non-hydrogen) atoms. The van der Waals surface area contributed by atoms with Gasteiger partial charge in [0.15, 0.2) is 0 Å². The van der Waals surface area contributed by atoms with E-state index < -0.39 is 0 Å². The van der Waals surface area contributed by atoms with Crippen molar-refractivity contribution < 1.29 is 0 Å². The molecule has 0 N–H and O–H groups in total. The van der Waals surface area contributed by atoms with Crippen molar-refractivity contribution in [3.63, 3.8) is 0 Å². The van der Waals surface area contributed by atoms with Crippen LogP contribution in [-0.2, 0) is 0 Å². The molecule has 170 valence electrons. The van der Waals surface area contributed by atoms with E-state index in [0.29, 0.717) is 0 Å². The maximum Gasteiger partial charge on any atom is 0.0906 e. The number of rotatable bonds is 4. The van der Waals surface area contributed by atoms with Crippen LogP contribution in [0.15, 0.2) is 79.4 Å². The highest BCUT2D eigenvalue weighted by atomic mass is 14.8. The van der Waals surface area contributed by atoms with Crippen LogP contribution in [0.4, 0.5) is 0 Å². The Bertz CT molecular complexity index is 938. The average molecular weight is 421 g/mol. The zero-order valence-electron chi connectivity index (χ0n) is 22.3. The van der Waals surface area contributed by atoms with Crippen LogP contribution in [0.25, 0.3) is 0 Å². The Labute approximate surface area is 192 Å². The van der Waals surface area contributed by atoms with E-state index in [4.69, 9.17) is 0 Å². The molecular weight excluding hydrogens is 376 g/mol. The first-order chi connectivity index (χ1) is 14.1. The van der Waals surface area contributed by atoms with Gasteiger partial charge in [-0.2, -0.15) is 0 Å². The van der Waals surface area contributed by atoms with Crippen LogP contribution in [0.3, 0.4) is 0 Å². The van der Waals surface area contributed by atoms with Gasteiger partial charge in [-0.05, 0) is 68.2 Å². The van der Waals surface area contributed by atoms with Gasteiger partial charge in [-0.15, -0.1) is 0 Å². The molecule has 0 heterocycles. The van der Waals surface area contributed by atoms with E-state index in [0.717, 1.165) is 17.0 Å². The summed E-state index contributed by atoms with van der Waals surface area (Å²) in [7, 11) is 3.72. The summed E-state index contributed by atoms with van der Waals surface area (Å²) in [5, 5.41) is 0. The van der Waals surface area contributed by atoms with E-state index >= 15 is 0 Å². The lowest BCUT2D eigenvalue weighted by Crippen LogP contribution is -2.25. The first kappa shape index (κ1) is 26.8. The molecule has 0 fully saturated rings. The normalized spacial score (nSPS) is 20.7. The molecule has 0 spiro atoms. The Balaban J connectivity index is 3.58. The van der Waals surface area contributed by atoms with E-state index in [1.54, 1.807) is 0 Å². The molecule has 0 aromatic rings. The fourth-order valence-electron chi connectivity index (χ4n) is 3.21. The van der Waals surface area contributed by atoms with Gasteiger partial charge in [-0.1, -0.05) is 77.0 Å². The molecule has 0 unspecified atom stereocenters. The molecule has 0 atom stereocenters. The lowest BCUT2D eigenvalue weighted by Gasteiger charge is -2.24. The predicted octanol–water partition coefficient (Wildman–Crippen LogP) is 8.26. The standard InChI is InChI=1S/C29H44N2/c1-19(14-16-22(4)28(6,7)8)24-18-21(3)25(27(31-13)26(24)30-12)20(2)15-17-23(5)29(9,10)11/h14-18H,1-13H3/b19-14+,20-15+,22-16+,23-17+,30-26?,31-27?. The van der Waals surface area contributed by atoms with Gasteiger partial charge in [0.25, 0.3) is 0 Å². The summed E-state index contributed by atoms with van der Waals surface area (Å²) >= 11 is 0. The van der Waals surface area contributed by atoms with E-state index in [9.17, 15) is 0 Å². The second kappa shape index (κ2) is 10.4. The van der Waals surface area contributed by atoms with Crippen LogP contribution in [0, 0.1) is 10.8 Å². The Morgan fingerprint density at radius 3 is 1.48 bits per heavy atom. The van der Waals surface area contributed by atoms with Crippen molar-refractivity contribution in [3.05, 3.63) is 69.4 Å². The van der Waals surface area contributed by atoms with Gasteiger partial charge >= 0.3 is 0 Å². The van der Waals surface area contributed by atoms with Gasteiger partial charge < -0.3 is 0 Å². The van der Waals surface area contributed by atoms with Gasteiger partial charge in [0.2, 0.25) is 0 Å². The minimum absolute atomic E-state index is 0.165. The quantitative estimate of drug-likeness (QED) is 0.323. The van der Waals surface area contributed by atoms with Gasteiger partial charge in [-0.25, -0.2) is 0 Å². The maximum atomic E-state index is 4.68. The first-order valence-electron chi connectivity index (χ1n) is 11.2. The number of hydrogen-bond acceptors (Lipinski definition) is 2. The molecule has 0 saturated heterocycles. The molecule has 0 bridgehead atoms. The Morgan fingerprint density at radius 2 is 1.10 bits per heavy atom. The number of nitrogens with zero attached hydrogens (tertiary/aromatic N) is 2. The molecule has 1 aliphatic carbocycles. The maximum absolute atomic E-state index is 4.68. The summed E-state index contributed by atoms with van der Waals surface area (Å²) in [5.41, 5.74) is 10.9. The third-order valence-electron chi connectivity index (χ3n) is 6.27. The average Bonchev–Trinajstić information content (AvgIpc) is 2.66. The van der Waals surface area contributed by atoms with Crippen LogP contribution in [-0.4, -0.2) is 25.5 Å². The second-order valence-electron chi connectivity index (χ2n) is 10.7. The summed E-state index contributed by atoms with van der Waals surface area (Å²) in [4.78, 5) is 9.34. The van der Waals surface area contributed by atoms with Crippen LogP contribution >= 0.6 is 0 Å². The molecule has 2 nitrogen and oxygen atoms in total. The van der Waals surface area contributed by atoms with Crippen molar-refractivity contribution in [1.29, 1.82) is 0 Å². The first-order valence-corrected chi connectivity index (χ1v) is 11.2. The summed E-state index contributed by atoms with van der Waals surface area (Å²) in [6.45, 7) is 24.3. The Kier molecular flexibility index (Phi) is 8.99. The van der Waals surface area contributed by atoms with Gasteiger partial charge in [0, 0.05) is 25.2 Å². The fraction of sp³-hybridized carbons (Fsp3) is 0.517. The van der Waals surface area contributed by atoms with Crippen molar-refractivity contribution >= 4 is 11.4 Å².